The molecule has 134 valence electrons. The van der Waals surface area contributed by atoms with Gasteiger partial charge in [0.1, 0.15) is 5.82 Å². The zero-order valence-electron chi connectivity index (χ0n) is 13.9. The van der Waals surface area contributed by atoms with Crippen LogP contribution in [0.4, 0.5) is 10.1 Å². The summed E-state index contributed by atoms with van der Waals surface area (Å²) in [6.07, 6.45) is 0. The number of sulfonamides is 1. The molecule has 6 nitrogen and oxygen atoms in total. The average Bonchev–Trinajstić information content (AvgIpc) is 2.57. The highest BCUT2D eigenvalue weighted by Crippen LogP contribution is 2.17. The smallest absolute Gasteiger partial charge is 0.255 e. The molecule has 0 heterocycles. The minimum absolute atomic E-state index is 0.0538. The molecule has 0 radical (unpaired) electrons. The van der Waals surface area contributed by atoms with Gasteiger partial charge >= 0.3 is 0 Å². The number of ether oxygens (including phenoxy) is 1. The molecule has 0 spiro atoms. The monoisotopic (exact) mass is 366 g/mol. The second-order valence-corrected chi connectivity index (χ2v) is 7.10. The summed E-state index contributed by atoms with van der Waals surface area (Å²) in [5.74, 6) is -0.794. The van der Waals surface area contributed by atoms with Crippen LogP contribution >= 0.6 is 0 Å². The molecule has 2 aromatic rings. The van der Waals surface area contributed by atoms with Crippen molar-refractivity contribution in [1.29, 1.82) is 0 Å². The van der Waals surface area contributed by atoms with Gasteiger partial charge in [0, 0.05) is 24.9 Å². The molecule has 0 aliphatic rings. The van der Waals surface area contributed by atoms with E-state index in [0.717, 1.165) is 0 Å². The van der Waals surface area contributed by atoms with Crippen LogP contribution in [0.15, 0.2) is 47.4 Å². The molecule has 2 N–H and O–H groups in total. The topological polar surface area (TPSA) is 84.5 Å². The summed E-state index contributed by atoms with van der Waals surface area (Å²) in [5, 5.41) is 2.67. The van der Waals surface area contributed by atoms with Crippen LogP contribution in [0.1, 0.15) is 15.9 Å². The van der Waals surface area contributed by atoms with Gasteiger partial charge in [-0.1, -0.05) is 0 Å². The Bertz CT molecular complexity index is 851. The van der Waals surface area contributed by atoms with E-state index in [0.29, 0.717) is 16.8 Å². The fourth-order valence-electron chi connectivity index (χ4n) is 2.11. The first-order valence-corrected chi connectivity index (χ1v) is 8.98. The van der Waals surface area contributed by atoms with E-state index in [-0.39, 0.29) is 23.9 Å². The number of amides is 1. The van der Waals surface area contributed by atoms with E-state index in [2.05, 4.69) is 10.0 Å². The summed E-state index contributed by atoms with van der Waals surface area (Å²) in [5.41, 5.74) is 1.37. The number of methoxy groups -OCH3 is 1. The van der Waals surface area contributed by atoms with Gasteiger partial charge in [0.05, 0.1) is 11.5 Å². The highest BCUT2D eigenvalue weighted by atomic mass is 32.2. The summed E-state index contributed by atoms with van der Waals surface area (Å²) in [6, 6.07) is 9.57. The number of rotatable bonds is 7. The summed E-state index contributed by atoms with van der Waals surface area (Å²) in [7, 11) is -2.17. The molecule has 0 unspecified atom stereocenters. The Kier molecular flexibility index (Phi) is 6.24. The summed E-state index contributed by atoms with van der Waals surface area (Å²) in [6.45, 7) is 2.10. The minimum atomic E-state index is -3.65. The molecule has 25 heavy (non-hydrogen) atoms. The number of anilines is 1. The molecule has 0 bridgehead atoms. The predicted molar refractivity (Wildman–Crippen MR) is 92.6 cm³/mol. The average molecular weight is 366 g/mol. The molecule has 0 atom stereocenters. The van der Waals surface area contributed by atoms with Crippen molar-refractivity contribution in [2.45, 2.75) is 11.8 Å². The molecule has 0 saturated heterocycles. The van der Waals surface area contributed by atoms with E-state index < -0.39 is 15.9 Å². The highest BCUT2D eigenvalue weighted by Gasteiger charge is 2.15. The molecule has 2 rings (SSSR count). The predicted octanol–water partition coefficient (Wildman–Crippen LogP) is 2.31. The first-order chi connectivity index (χ1) is 11.8. The Hall–Kier alpha value is -2.29. The molecule has 0 saturated carbocycles. The van der Waals surface area contributed by atoms with Crippen molar-refractivity contribution in [3.05, 3.63) is 59.4 Å². The molecule has 0 aliphatic carbocycles. The van der Waals surface area contributed by atoms with Crippen LogP contribution in [0.25, 0.3) is 0 Å². The maximum Gasteiger partial charge on any atom is 0.255 e. The SMILES string of the molecule is COCCNS(=O)(=O)c1ccc(C(=O)Nc2ccc(F)cc2C)cc1. The van der Waals surface area contributed by atoms with Crippen molar-refractivity contribution >= 4 is 21.6 Å². The lowest BCUT2D eigenvalue weighted by Gasteiger charge is -2.10. The number of benzene rings is 2. The third-order valence-corrected chi connectivity index (χ3v) is 4.94. The standard InChI is InChI=1S/C17H19FN2O4S/c1-12-11-14(18)5-8-16(12)20-17(21)13-3-6-15(7-4-13)25(22,23)19-9-10-24-2/h3-8,11,19H,9-10H2,1-2H3,(H,20,21). The van der Waals surface area contributed by atoms with Crippen LogP contribution in [0.3, 0.4) is 0 Å². The molecular formula is C17H19FN2O4S. The second kappa shape index (κ2) is 8.19. The molecule has 0 aliphatic heterocycles. The van der Waals surface area contributed by atoms with Crippen LogP contribution in [0.2, 0.25) is 0 Å². The summed E-state index contributed by atoms with van der Waals surface area (Å²) < 4.78 is 44.4. The molecule has 0 aromatic heterocycles. The van der Waals surface area contributed by atoms with E-state index >= 15 is 0 Å². The summed E-state index contributed by atoms with van der Waals surface area (Å²) in [4.78, 5) is 12.3. The normalized spacial score (nSPS) is 11.3. The van der Waals surface area contributed by atoms with Gasteiger partial charge in [0.2, 0.25) is 10.0 Å². The van der Waals surface area contributed by atoms with E-state index in [1.54, 1.807) is 6.92 Å². The molecular weight excluding hydrogens is 347 g/mol. The van der Waals surface area contributed by atoms with E-state index in [9.17, 15) is 17.6 Å². The van der Waals surface area contributed by atoms with Crippen LogP contribution in [0.5, 0.6) is 0 Å². The van der Waals surface area contributed by atoms with Gasteiger partial charge in [0.25, 0.3) is 5.91 Å². The van der Waals surface area contributed by atoms with Crippen molar-refractivity contribution < 1.29 is 22.3 Å². The number of hydrogen-bond acceptors (Lipinski definition) is 4. The van der Waals surface area contributed by atoms with Gasteiger partial charge in [-0.25, -0.2) is 17.5 Å². The minimum Gasteiger partial charge on any atom is -0.383 e. The number of carbonyl (C=O) groups is 1. The Morgan fingerprint density at radius 3 is 2.44 bits per heavy atom. The van der Waals surface area contributed by atoms with Crippen molar-refractivity contribution in [3.8, 4) is 0 Å². The van der Waals surface area contributed by atoms with Crippen LogP contribution in [-0.2, 0) is 14.8 Å². The maximum absolute atomic E-state index is 13.1. The van der Waals surface area contributed by atoms with Crippen LogP contribution < -0.4 is 10.0 Å². The number of hydrogen-bond donors (Lipinski definition) is 2. The van der Waals surface area contributed by atoms with Gasteiger partial charge in [0.15, 0.2) is 0 Å². The lowest BCUT2D eigenvalue weighted by atomic mass is 10.1. The molecule has 0 fully saturated rings. The number of aryl methyl sites for hydroxylation is 1. The second-order valence-electron chi connectivity index (χ2n) is 5.33. The zero-order chi connectivity index (χ0) is 18.4. The van der Waals surface area contributed by atoms with E-state index in [1.165, 1.54) is 49.6 Å². The Morgan fingerprint density at radius 2 is 1.84 bits per heavy atom. The lowest BCUT2D eigenvalue weighted by Crippen LogP contribution is -2.27. The number of nitrogens with one attached hydrogen (secondary N) is 2. The number of halogens is 1. The fraction of sp³-hybridized carbons (Fsp3) is 0.235. The third kappa shape index (κ3) is 5.09. The zero-order valence-corrected chi connectivity index (χ0v) is 14.7. The van der Waals surface area contributed by atoms with Gasteiger partial charge in [-0.15, -0.1) is 0 Å². The largest absolute Gasteiger partial charge is 0.383 e. The van der Waals surface area contributed by atoms with Crippen molar-refractivity contribution in [3.63, 3.8) is 0 Å². The van der Waals surface area contributed by atoms with Crippen molar-refractivity contribution in [2.24, 2.45) is 0 Å². The first kappa shape index (κ1) is 19.0. The van der Waals surface area contributed by atoms with Crippen molar-refractivity contribution in [1.82, 2.24) is 4.72 Å². The Labute approximate surface area is 146 Å². The molecule has 8 heteroatoms. The number of carbonyl (C=O) groups excluding carboxylic acids is 1. The van der Waals surface area contributed by atoms with E-state index in [1.807, 2.05) is 0 Å². The summed E-state index contributed by atoms with van der Waals surface area (Å²) >= 11 is 0. The van der Waals surface area contributed by atoms with Crippen LogP contribution in [0, 0.1) is 12.7 Å². The Balaban J connectivity index is 2.09. The quantitative estimate of drug-likeness (QED) is 0.737. The third-order valence-electron chi connectivity index (χ3n) is 3.46. The Morgan fingerprint density at radius 1 is 1.16 bits per heavy atom. The van der Waals surface area contributed by atoms with Gasteiger partial charge in [-0.3, -0.25) is 4.79 Å². The first-order valence-electron chi connectivity index (χ1n) is 7.49. The van der Waals surface area contributed by atoms with Gasteiger partial charge in [-0.05, 0) is 55.0 Å². The van der Waals surface area contributed by atoms with Gasteiger partial charge in [-0.2, -0.15) is 0 Å². The van der Waals surface area contributed by atoms with Crippen LogP contribution in [-0.4, -0.2) is 34.6 Å². The molecule has 2 aromatic carbocycles. The van der Waals surface area contributed by atoms with Gasteiger partial charge < -0.3 is 10.1 Å². The van der Waals surface area contributed by atoms with Crippen molar-refractivity contribution in [2.75, 3.05) is 25.6 Å². The highest BCUT2D eigenvalue weighted by molar-refractivity contribution is 7.89. The fourth-order valence-corrected chi connectivity index (χ4v) is 3.12. The van der Waals surface area contributed by atoms with E-state index in [4.69, 9.17) is 4.74 Å². The lowest BCUT2D eigenvalue weighted by molar-refractivity contribution is 0.102. The molecule has 1 amide bonds. The maximum atomic E-state index is 13.1.